The first-order chi connectivity index (χ1) is 8.58. The molecule has 0 saturated carbocycles. The highest BCUT2D eigenvalue weighted by Gasteiger charge is 2.13. The Kier molecular flexibility index (Phi) is 4.04. The van der Waals surface area contributed by atoms with Crippen molar-refractivity contribution in [3.63, 3.8) is 0 Å². The largest absolute Gasteiger partial charge is 0.389 e. The first-order valence-electron chi connectivity index (χ1n) is 5.79. The minimum atomic E-state index is -0.673. The molecule has 0 amide bonds. The second-order valence-corrected chi connectivity index (χ2v) is 5.34. The molecule has 0 spiro atoms. The van der Waals surface area contributed by atoms with Gasteiger partial charge in [-0.15, -0.1) is 0 Å². The number of aliphatic hydroxyl groups is 1. The van der Waals surface area contributed by atoms with Gasteiger partial charge in [0.1, 0.15) is 5.82 Å². The molecule has 0 aromatic heterocycles. The molecular weight excluding hydrogens is 247 g/mol. The molecule has 0 aliphatic heterocycles. The van der Waals surface area contributed by atoms with Crippen LogP contribution in [-0.4, -0.2) is 5.11 Å². The van der Waals surface area contributed by atoms with Crippen LogP contribution in [0.15, 0.2) is 52.3 Å². The second kappa shape index (κ2) is 5.55. The predicted octanol–water partition coefficient (Wildman–Crippen LogP) is 4.34. The zero-order chi connectivity index (χ0) is 13.1. The van der Waals surface area contributed by atoms with Crippen molar-refractivity contribution in [2.45, 2.75) is 29.7 Å². The third kappa shape index (κ3) is 2.92. The lowest BCUT2D eigenvalue weighted by molar-refractivity contribution is 0.195. The Morgan fingerprint density at radius 2 is 1.89 bits per heavy atom. The van der Waals surface area contributed by atoms with Crippen LogP contribution in [0.2, 0.25) is 0 Å². The van der Waals surface area contributed by atoms with E-state index in [9.17, 15) is 9.50 Å². The summed E-state index contributed by atoms with van der Waals surface area (Å²) in [5.74, 6) is -0.292. The normalized spacial score (nSPS) is 12.4. The van der Waals surface area contributed by atoms with E-state index in [4.69, 9.17) is 0 Å². The van der Waals surface area contributed by atoms with Gasteiger partial charge in [-0.25, -0.2) is 4.39 Å². The van der Waals surface area contributed by atoms with Crippen LogP contribution in [0.4, 0.5) is 4.39 Å². The molecule has 18 heavy (non-hydrogen) atoms. The molecule has 2 aromatic carbocycles. The third-order valence-corrected chi connectivity index (χ3v) is 3.78. The number of benzene rings is 2. The van der Waals surface area contributed by atoms with Crippen LogP contribution in [0, 0.1) is 12.7 Å². The van der Waals surface area contributed by atoms with Crippen LogP contribution in [0.5, 0.6) is 0 Å². The zero-order valence-corrected chi connectivity index (χ0v) is 11.2. The average Bonchev–Trinajstić information content (AvgIpc) is 2.31. The molecule has 2 aromatic rings. The van der Waals surface area contributed by atoms with Crippen molar-refractivity contribution in [3.05, 3.63) is 59.4 Å². The van der Waals surface area contributed by atoms with Crippen LogP contribution in [-0.2, 0) is 0 Å². The smallest absolute Gasteiger partial charge is 0.137 e. The maximum atomic E-state index is 13.9. The molecule has 3 heteroatoms. The fourth-order valence-electron chi connectivity index (χ4n) is 1.76. The Morgan fingerprint density at radius 1 is 1.17 bits per heavy atom. The van der Waals surface area contributed by atoms with Gasteiger partial charge in [-0.3, -0.25) is 0 Å². The molecule has 2 rings (SSSR count). The van der Waals surface area contributed by atoms with Gasteiger partial charge >= 0.3 is 0 Å². The number of hydrogen-bond acceptors (Lipinski definition) is 2. The first-order valence-corrected chi connectivity index (χ1v) is 6.60. The van der Waals surface area contributed by atoms with E-state index in [-0.39, 0.29) is 5.82 Å². The van der Waals surface area contributed by atoms with Gasteiger partial charge in [-0.2, -0.15) is 0 Å². The molecule has 1 unspecified atom stereocenters. The summed E-state index contributed by atoms with van der Waals surface area (Å²) in [6.07, 6.45) is -0.673. The summed E-state index contributed by atoms with van der Waals surface area (Å²) in [5.41, 5.74) is 1.76. The number of aliphatic hydroxyl groups excluding tert-OH is 1. The molecule has 0 fully saturated rings. The Bertz CT molecular complexity index is 552. The minimum absolute atomic E-state index is 0.292. The highest BCUT2D eigenvalue weighted by molar-refractivity contribution is 7.99. The Hall–Kier alpha value is -1.32. The predicted molar refractivity (Wildman–Crippen MR) is 72.3 cm³/mol. The van der Waals surface area contributed by atoms with Gasteiger partial charge in [0.05, 0.1) is 11.0 Å². The van der Waals surface area contributed by atoms with E-state index in [1.807, 2.05) is 31.2 Å². The van der Waals surface area contributed by atoms with E-state index >= 15 is 0 Å². The number of hydrogen-bond donors (Lipinski definition) is 1. The summed E-state index contributed by atoms with van der Waals surface area (Å²) in [4.78, 5) is 1.47. The van der Waals surface area contributed by atoms with Crippen molar-refractivity contribution in [3.8, 4) is 0 Å². The molecule has 94 valence electrons. The van der Waals surface area contributed by atoms with Gasteiger partial charge in [-0.1, -0.05) is 41.6 Å². The Balaban J connectivity index is 2.39. The average molecular weight is 262 g/mol. The molecule has 0 saturated heterocycles. The fraction of sp³-hybridized carbons (Fsp3) is 0.200. The molecule has 0 aliphatic rings. The summed E-state index contributed by atoms with van der Waals surface area (Å²) >= 11 is 1.35. The SMILES string of the molecule is Cc1cccc(Sc2c(F)cccc2C(C)O)c1. The first kappa shape index (κ1) is 13.1. The molecule has 1 nitrogen and oxygen atoms in total. The van der Waals surface area contributed by atoms with Gasteiger partial charge in [0.25, 0.3) is 0 Å². The topological polar surface area (TPSA) is 20.2 Å². The molecule has 1 atom stereocenters. The van der Waals surface area contributed by atoms with E-state index in [0.29, 0.717) is 10.5 Å². The quantitative estimate of drug-likeness (QED) is 0.888. The van der Waals surface area contributed by atoms with E-state index in [0.717, 1.165) is 10.5 Å². The van der Waals surface area contributed by atoms with Gasteiger partial charge in [-0.05, 0) is 37.6 Å². The molecular formula is C15H15FOS. The Morgan fingerprint density at radius 3 is 2.56 bits per heavy atom. The maximum Gasteiger partial charge on any atom is 0.137 e. The van der Waals surface area contributed by atoms with Crippen molar-refractivity contribution >= 4 is 11.8 Å². The minimum Gasteiger partial charge on any atom is -0.389 e. The van der Waals surface area contributed by atoms with Gasteiger partial charge < -0.3 is 5.11 Å². The molecule has 0 aliphatic carbocycles. The van der Waals surface area contributed by atoms with Gasteiger partial charge in [0, 0.05) is 4.90 Å². The summed E-state index contributed by atoms with van der Waals surface area (Å²) in [6, 6.07) is 12.7. The highest BCUT2D eigenvalue weighted by Crippen LogP contribution is 2.35. The maximum absolute atomic E-state index is 13.9. The number of rotatable bonds is 3. The summed E-state index contributed by atoms with van der Waals surface area (Å²) in [6.45, 7) is 3.65. The lowest BCUT2D eigenvalue weighted by Crippen LogP contribution is -1.96. The number of aryl methyl sites for hydroxylation is 1. The highest BCUT2D eigenvalue weighted by atomic mass is 32.2. The molecule has 1 N–H and O–H groups in total. The lowest BCUT2D eigenvalue weighted by Gasteiger charge is -2.12. The number of halogens is 1. The van der Waals surface area contributed by atoms with Crippen molar-refractivity contribution in [2.24, 2.45) is 0 Å². The van der Waals surface area contributed by atoms with Crippen LogP contribution < -0.4 is 0 Å². The monoisotopic (exact) mass is 262 g/mol. The van der Waals surface area contributed by atoms with E-state index in [2.05, 4.69) is 0 Å². The fourth-order valence-corrected chi connectivity index (χ4v) is 2.91. The van der Waals surface area contributed by atoms with Crippen LogP contribution in [0.1, 0.15) is 24.2 Å². The van der Waals surface area contributed by atoms with E-state index < -0.39 is 6.10 Å². The van der Waals surface area contributed by atoms with Crippen molar-refractivity contribution in [1.29, 1.82) is 0 Å². The molecule has 0 bridgehead atoms. The van der Waals surface area contributed by atoms with Crippen LogP contribution >= 0.6 is 11.8 Å². The summed E-state index contributed by atoms with van der Waals surface area (Å²) in [5, 5.41) is 9.68. The third-order valence-electron chi connectivity index (χ3n) is 2.66. The van der Waals surface area contributed by atoms with Gasteiger partial charge in [0.15, 0.2) is 0 Å². The molecule has 0 heterocycles. The van der Waals surface area contributed by atoms with E-state index in [1.165, 1.54) is 17.8 Å². The van der Waals surface area contributed by atoms with Gasteiger partial charge in [0.2, 0.25) is 0 Å². The summed E-state index contributed by atoms with van der Waals surface area (Å²) < 4.78 is 13.9. The lowest BCUT2D eigenvalue weighted by atomic mass is 10.1. The zero-order valence-electron chi connectivity index (χ0n) is 10.4. The van der Waals surface area contributed by atoms with E-state index in [1.54, 1.807) is 19.1 Å². The van der Waals surface area contributed by atoms with Crippen LogP contribution in [0.25, 0.3) is 0 Å². The summed E-state index contributed by atoms with van der Waals surface area (Å²) in [7, 11) is 0. The van der Waals surface area contributed by atoms with Crippen molar-refractivity contribution in [2.75, 3.05) is 0 Å². The Labute approximate surface area is 111 Å². The van der Waals surface area contributed by atoms with Crippen molar-refractivity contribution in [1.82, 2.24) is 0 Å². The van der Waals surface area contributed by atoms with Crippen molar-refractivity contribution < 1.29 is 9.50 Å². The second-order valence-electron chi connectivity index (χ2n) is 4.25. The van der Waals surface area contributed by atoms with Crippen LogP contribution in [0.3, 0.4) is 0 Å². The molecule has 0 radical (unpaired) electrons. The standard InChI is InChI=1S/C15H15FOS/c1-10-5-3-6-12(9-10)18-15-13(11(2)17)7-4-8-14(15)16/h3-9,11,17H,1-2H3.